The molecule has 2 heteroatoms. The molecule has 0 aliphatic carbocycles. The van der Waals surface area contributed by atoms with Gasteiger partial charge in [0.15, 0.2) is 0 Å². The maximum absolute atomic E-state index is 2.44. The zero-order valence-electron chi connectivity index (χ0n) is 28.4. The molecule has 0 radical (unpaired) electrons. The highest BCUT2D eigenvalue weighted by molar-refractivity contribution is 5.85. The molecule has 0 fully saturated rings. The minimum absolute atomic E-state index is 1.15. The molecule has 0 atom stereocenters. The molecule has 230 valence electrons. The lowest BCUT2D eigenvalue weighted by molar-refractivity contribution is 1.18. The first-order chi connectivity index (χ1) is 22.1. The fraction of sp³-hybridized carbons (Fsp3) is 0.182. The Hall–Kier alpha value is -5.08. The molecule has 0 amide bonds. The molecule has 0 aliphatic heterocycles. The van der Waals surface area contributed by atoms with Crippen LogP contribution in [0.2, 0.25) is 0 Å². The Balaban J connectivity index is 1.39. The van der Waals surface area contributed by atoms with Crippen molar-refractivity contribution in [1.29, 1.82) is 0 Å². The number of hydrogen-bond acceptors (Lipinski definition) is 2. The van der Waals surface area contributed by atoms with Gasteiger partial charge in [-0.25, -0.2) is 0 Å². The van der Waals surface area contributed by atoms with Crippen molar-refractivity contribution in [2.45, 2.75) is 55.4 Å². The van der Waals surface area contributed by atoms with Gasteiger partial charge in [-0.05, 0) is 136 Å². The smallest absolute Gasteiger partial charge is 0.0520 e. The van der Waals surface area contributed by atoms with Gasteiger partial charge in [0.1, 0.15) is 0 Å². The van der Waals surface area contributed by atoms with Crippen molar-refractivity contribution in [3.63, 3.8) is 0 Å². The summed E-state index contributed by atoms with van der Waals surface area (Å²) in [6.07, 6.45) is 0. The van der Waals surface area contributed by atoms with E-state index in [9.17, 15) is 0 Å². The normalized spacial score (nSPS) is 11.0. The molecule has 46 heavy (non-hydrogen) atoms. The number of hydrogen-bond donors (Lipinski definition) is 0. The lowest BCUT2D eigenvalue weighted by atomic mass is 10.00. The van der Waals surface area contributed by atoms with Crippen molar-refractivity contribution >= 4 is 34.1 Å². The third-order valence-electron chi connectivity index (χ3n) is 9.10. The lowest BCUT2D eigenvalue weighted by Gasteiger charge is -2.31. The molecule has 6 aromatic carbocycles. The highest BCUT2D eigenvalue weighted by atomic mass is 15.2. The van der Waals surface area contributed by atoms with Gasteiger partial charge in [-0.3, -0.25) is 0 Å². The Kier molecular flexibility index (Phi) is 8.56. The molecule has 0 heterocycles. The highest BCUT2D eigenvalue weighted by Gasteiger charge is 2.21. The first kappa shape index (κ1) is 30.9. The van der Waals surface area contributed by atoms with Gasteiger partial charge in [0, 0.05) is 22.7 Å². The van der Waals surface area contributed by atoms with Crippen LogP contribution in [0.4, 0.5) is 34.1 Å². The van der Waals surface area contributed by atoms with Crippen LogP contribution in [0.15, 0.2) is 121 Å². The van der Waals surface area contributed by atoms with Crippen molar-refractivity contribution in [2.75, 3.05) is 9.80 Å². The number of aryl methyl sites for hydroxylation is 8. The van der Waals surface area contributed by atoms with Crippen molar-refractivity contribution in [3.05, 3.63) is 166 Å². The van der Waals surface area contributed by atoms with Crippen LogP contribution in [-0.4, -0.2) is 0 Å². The van der Waals surface area contributed by atoms with Gasteiger partial charge in [0.2, 0.25) is 0 Å². The summed E-state index contributed by atoms with van der Waals surface area (Å²) in [6.45, 7) is 17.5. The number of anilines is 6. The number of para-hydroxylation sites is 2. The van der Waals surface area contributed by atoms with Crippen LogP contribution in [0, 0.1) is 55.4 Å². The molecule has 0 unspecified atom stereocenters. The molecule has 6 aromatic rings. The minimum Gasteiger partial charge on any atom is -0.310 e. The van der Waals surface area contributed by atoms with E-state index in [0.29, 0.717) is 0 Å². The van der Waals surface area contributed by atoms with E-state index in [0.717, 1.165) is 11.4 Å². The van der Waals surface area contributed by atoms with Crippen LogP contribution in [0.3, 0.4) is 0 Å². The van der Waals surface area contributed by atoms with E-state index in [1.165, 1.54) is 78.4 Å². The van der Waals surface area contributed by atoms with Gasteiger partial charge in [-0.1, -0.05) is 96.1 Å². The average molecular weight is 601 g/mol. The van der Waals surface area contributed by atoms with Crippen LogP contribution in [0.25, 0.3) is 11.1 Å². The molecule has 0 aromatic heterocycles. The zero-order chi connectivity index (χ0) is 32.5. The third-order valence-corrected chi connectivity index (χ3v) is 9.10. The van der Waals surface area contributed by atoms with E-state index >= 15 is 0 Å². The van der Waals surface area contributed by atoms with Crippen molar-refractivity contribution in [2.24, 2.45) is 0 Å². The summed E-state index contributed by atoms with van der Waals surface area (Å²) >= 11 is 0. The SMILES string of the molecule is Cc1ccc(N(c2ccc(-c3ccc(N(c4c(C)cccc4C)c4c(C)cccc4C)cc3)cc2)c2ccc(C)cc2C)c(C)c1. The van der Waals surface area contributed by atoms with Gasteiger partial charge in [0.25, 0.3) is 0 Å². The van der Waals surface area contributed by atoms with E-state index in [-0.39, 0.29) is 0 Å². The second-order valence-corrected chi connectivity index (χ2v) is 12.8. The lowest BCUT2D eigenvalue weighted by Crippen LogP contribution is -2.15. The molecular weight excluding hydrogens is 556 g/mol. The highest BCUT2D eigenvalue weighted by Crippen LogP contribution is 2.43. The van der Waals surface area contributed by atoms with Crippen LogP contribution < -0.4 is 9.80 Å². The van der Waals surface area contributed by atoms with Gasteiger partial charge in [-0.2, -0.15) is 0 Å². The molecule has 6 rings (SSSR count). The Bertz CT molecular complexity index is 1870. The van der Waals surface area contributed by atoms with Crippen molar-refractivity contribution in [3.8, 4) is 11.1 Å². The summed E-state index contributed by atoms with van der Waals surface area (Å²) in [6, 6.07) is 44.6. The van der Waals surface area contributed by atoms with Crippen molar-refractivity contribution in [1.82, 2.24) is 0 Å². The first-order valence-electron chi connectivity index (χ1n) is 16.2. The molecule has 0 saturated heterocycles. The molecular formula is C44H44N2. The summed E-state index contributed by atoms with van der Waals surface area (Å²) < 4.78 is 0. The second-order valence-electron chi connectivity index (χ2n) is 12.8. The summed E-state index contributed by atoms with van der Waals surface area (Å²) in [4.78, 5) is 4.83. The summed E-state index contributed by atoms with van der Waals surface area (Å²) in [5.74, 6) is 0. The summed E-state index contributed by atoms with van der Waals surface area (Å²) in [7, 11) is 0. The maximum atomic E-state index is 2.44. The van der Waals surface area contributed by atoms with E-state index in [1.807, 2.05) is 0 Å². The molecule has 0 bridgehead atoms. The fourth-order valence-corrected chi connectivity index (χ4v) is 6.81. The minimum atomic E-state index is 1.15. The van der Waals surface area contributed by atoms with Crippen LogP contribution >= 0.6 is 0 Å². The molecule has 0 saturated carbocycles. The van der Waals surface area contributed by atoms with Crippen LogP contribution in [-0.2, 0) is 0 Å². The topological polar surface area (TPSA) is 6.48 Å². The summed E-state index contributed by atoms with van der Waals surface area (Å²) in [5.41, 5.74) is 19.7. The Morgan fingerprint density at radius 2 is 0.674 bits per heavy atom. The molecule has 0 spiro atoms. The summed E-state index contributed by atoms with van der Waals surface area (Å²) in [5, 5.41) is 0. The van der Waals surface area contributed by atoms with E-state index < -0.39 is 0 Å². The fourth-order valence-electron chi connectivity index (χ4n) is 6.81. The predicted octanol–water partition coefficient (Wildman–Crippen LogP) is 12.8. The van der Waals surface area contributed by atoms with Crippen LogP contribution in [0.1, 0.15) is 44.5 Å². The van der Waals surface area contributed by atoms with E-state index in [4.69, 9.17) is 0 Å². The molecule has 0 N–H and O–H groups in total. The standard InChI is InChI=1S/C44H44N2/c1-29-15-25-41(35(7)27-29)45(42-26-16-30(2)28-36(42)8)39-21-17-37(18-22-39)38-19-23-40(24-20-38)46(43-31(3)11-9-12-32(43)4)44-33(5)13-10-14-34(44)6/h9-28H,1-8H3. The van der Waals surface area contributed by atoms with E-state index in [2.05, 4.69) is 187 Å². The third kappa shape index (κ3) is 5.96. The Morgan fingerprint density at radius 1 is 0.326 bits per heavy atom. The van der Waals surface area contributed by atoms with Crippen molar-refractivity contribution < 1.29 is 0 Å². The zero-order valence-corrected chi connectivity index (χ0v) is 28.4. The first-order valence-corrected chi connectivity index (χ1v) is 16.2. The Labute approximate surface area is 275 Å². The number of rotatable bonds is 7. The number of nitrogens with zero attached hydrogens (tertiary/aromatic N) is 2. The molecule has 2 nitrogen and oxygen atoms in total. The largest absolute Gasteiger partial charge is 0.310 e. The average Bonchev–Trinajstić information content (AvgIpc) is 3.02. The second kappa shape index (κ2) is 12.7. The van der Waals surface area contributed by atoms with Gasteiger partial charge in [-0.15, -0.1) is 0 Å². The Morgan fingerprint density at radius 3 is 1.02 bits per heavy atom. The van der Waals surface area contributed by atoms with Gasteiger partial charge >= 0.3 is 0 Å². The van der Waals surface area contributed by atoms with Gasteiger partial charge in [0.05, 0.1) is 11.4 Å². The molecule has 0 aliphatic rings. The monoisotopic (exact) mass is 600 g/mol. The predicted molar refractivity (Wildman–Crippen MR) is 199 cm³/mol. The van der Waals surface area contributed by atoms with Gasteiger partial charge < -0.3 is 9.80 Å². The number of benzene rings is 6. The maximum Gasteiger partial charge on any atom is 0.0520 e. The van der Waals surface area contributed by atoms with E-state index in [1.54, 1.807) is 0 Å². The van der Waals surface area contributed by atoms with Crippen LogP contribution in [0.5, 0.6) is 0 Å². The quantitative estimate of drug-likeness (QED) is 0.180.